The molecule has 0 saturated carbocycles. The van der Waals surface area contributed by atoms with Gasteiger partial charge in [0.1, 0.15) is 0 Å². The number of hydrogen-bond donors (Lipinski definition) is 3. The number of hydrogen-bond acceptors (Lipinski definition) is 8. The van der Waals surface area contributed by atoms with E-state index in [1.54, 1.807) is 42.9 Å². The largest absolute Gasteiger partial charge is 0.440 e. The first kappa shape index (κ1) is 25.9. The minimum atomic E-state index is -0.328. The van der Waals surface area contributed by atoms with Gasteiger partial charge in [-0.2, -0.15) is 0 Å². The molecule has 10 nitrogen and oxygen atoms in total. The highest BCUT2D eigenvalue weighted by atomic mass is 32.1. The van der Waals surface area contributed by atoms with Crippen LogP contribution in [-0.2, 0) is 11.3 Å². The summed E-state index contributed by atoms with van der Waals surface area (Å²) >= 11 is 1.28. The summed E-state index contributed by atoms with van der Waals surface area (Å²) in [6, 6.07) is 18.1. The van der Waals surface area contributed by atoms with Crippen LogP contribution in [0.4, 0.5) is 11.6 Å². The van der Waals surface area contributed by atoms with Crippen LogP contribution in [0.2, 0.25) is 0 Å². The lowest BCUT2D eigenvalue weighted by molar-refractivity contribution is -0.120. The van der Waals surface area contributed by atoms with Crippen LogP contribution < -0.4 is 16.0 Å². The van der Waals surface area contributed by atoms with Crippen LogP contribution in [0.5, 0.6) is 0 Å². The Labute approximate surface area is 228 Å². The number of aromatic nitrogens is 3. The molecule has 3 heterocycles. The van der Waals surface area contributed by atoms with Gasteiger partial charge in [-0.15, -0.1) is 11.3 Å². The van der Waals surface area contributed by atoms with Crippen molar-refractivity contribution < 1.29 is 18.8 Å². The Morgan fingerprint density at radius 2 is 1.87 bits per heavy atom. The van der Waals surface area contributed by atoms with Crippen LogP contribution in [0.25, 0.3) is 21.7 Å². The van der Waals surface area contributed by atoms with Gasteiger partial charge in [0.05, 0.1) is 33.5 Å². The van der Waals surface area contributed by atoms with Gasteiger partial charge in [-0.1, -0.05) is 30.3 Å². The van der Waals surface area contributed by atoms with E-state index in [0.29, 0.717) is 45.8 Å². The van der Waals surface area contributed by atoms with Crippen molar-refractivity contribution in [1.82, 2.24) is 19.9 Å². The Morgan fingerprint density at radius 1 is 1.05 bits per heavy atom. The molecule has 198 valence electrons. The third kappa shape index (κ3) is 5.88. The van der Waals surface area contributed by atoms with Crippen molar-refractivity contribution in [2.24, 2.45) is 0 Å². The molecule has 0 aliphatic rings. The number of Topliss-reactive ketones (excluding diaryl/α,β-unsaturated/α-hetero) is 1. The van der Waals surface area contributed by atoms with Gasteiger partial charge in [-0.3, -0.25) is 19.7 Å². The number of benzene rings is 2. The number of ketones is 1. The number of anilines is 2. The first-order valence-electron chi connectivity index (χ1n) is 12.3. The SMILES string of the molecule is CNC(=O)CCn1c(NC(=O)c2ccc(-c3cnc(C)o3)s2)nc2cc(NCC(=O)c3ccccc3)ccc21. The van der Waals surface area contributed by atoms with E-state index in [9.17, 15) is 14.4 Å². The third-order valence-corrected chi connectivity index (χ3v) is 7.16. The number of carbonyl (C=O) groups is 3. The first-order valence-corrected chi connectivity index (χ1v) is 13.1. The summed E-state index contributed by atoms with van der Waals surface area (Å²) in [7, 11) is 1.58. The molecular weight excluding hydrogens is 516 g/mol. The van der Waals surface area contributed by atoms with E-state index < -0.39 is 0 Å². The maximum atomic E-state index is 13.1. The van der Waals surface area contributed by atoms with E-state index in [0.717, 1.165) is 10.4 Å². The molecule has 0 saturated heterocycles. The normalized spacial score (nSPS) is 10.9. The fourth-order valence-electron chi connectivity index (χ4n) is 4.04. The van der Waals surface area contributed by atoms with Crippen molar-refractivity contribution in [1.29, 1.82) is 0 Å². The summed E-state index contributed by atoms with van der Waals surface area (Å²) in [5, 5.41) is 8.65. The van der Waals surface area contributed by atoms with Gasteiger partial charge in [0.25, 0.3) is 5.91 Å². The molecule has 0 bridgehead atoms. The molecule has 0 spiro atoms. The highest BCUT2D eigenvalue weighted by Gasteiger charge is 2.18. The molecule has 11 heteroatoms. The quantitative estimate of drug-likeness (QED) is 0.217. The van der Waals surface area contributed by atoms with Gasteiger partial charge >= 0.3 is 0 Å². The Hall–Kier alpha value is -4.77. The van der Waals surface area contributed by atoms with Crippen molar-refractivity contribution in [3.8, 4) is 10.6 Å². The van der Waals surface area contributed by atoms with Crippen LogP contribution in [0.15, 0.2) is 71.3 Å². The highest BCUT2D eigenvalue weighted by molar-refractivity contribution is 7.17. The number of oxazole rings is 1. The van der Waals surface area contributed by atoms with Crippen LogP contribution in [-0.4, -0.2) is 45.7 Å². The maximum Gasteiger partial charge on any atom is 0.268 e. The zero-order chi connectivity index (χ0) is 27.4. The molecule has 0 fully saturated rings. The van der Waals surface area contributed by atoms with Crippen LogP contribution in [0.3, 0.4) is 0 Å². The van der Waals surface area contributed by atoms with Gasteiger partial charge in [0, 0.05) is 38.2 Å². The van der Waals surface area contributed by atoms with E-state index >= 15 is 0 Å². The minimum Gasteiger partial charge on any atom is -0.440 e. The fourth-order valence-corrected chi connectivity index (χ4v) is 4.89. The number of thiophene rings is 1. The molecule has 2 aromatic carbocycles. The lowest BCUT2D eigenvalue weighted by Crippen LogP contribution is -2.21. The number of aryl methyl sites for hydroxylation is 2. The number of imidazole rings is 1. The number of nitrogens with one attached hydrogen (secondary N) is 3. The Bertz CT molecular complexity index is 1650. The van der Waals surface area contributed by atoms with Crippen molar-refractivity contribution in [2.45, 2.75) is 19.9 Å². The molecule has 5 aromatic rings. The Balaban J connectivity index is 1.37. The van der Waals surface area contributed by atoms with Crippen LogP contribution in [0.1, 0.15) is 32.3 Å². The first-order chi connectivity index (χ1) is 18.9. The average Bonchev–Trinajstić information content (AvgIpc) is 3.69. The predicted molar refractivity (Wildman–Crippen MR) is 150 cm³/mol. The zero-order valence-electron chi connectivity index (χ0n) is 21.4. The second-order valence-corrected chi connectivity index (χ2v) is 9.80. The Morgan fingerprint density at radius 3 is 2.62 bits per heavy atom. The number of amides is 2. The topological polar surface area (TPSA) is 131 Å². The summed E-state index contributed by atoms with van der Waals surface area (Å²) in [6.07, 6.45) is 1.84. The molecule has 0 aliphatic carbocycles. The molecule has 3 aromatic heterocycles. The average molecular weight is 543 g/mol. The summed E-state index contributed by atoms with van der Waals surface area (Å²) in [4.78, 5) is 47.6. The Kier molecular flexibility index (Phi) is 7.50. The smallest absolute Gasteiger partial charge is 0.268 e. The monoisotopic (exact) mass is 542 g/mol. The van der Waals surface area contributed by atoms with E-state index in [2.05, 4.69) is 25.9 Å². The summed E-state index contributed by atoms with van der Waals surface area (Å²) in [5.41, 5.74) is 2.71. The van der Waals surface area contributed by atoms with E-state index in [-0.39, 0.29) is 30.6 Å². The second-order valence-electron chi connectivity index (χ2n) is 8.72. The predicted octanol–water partition coefficient (Wildman–Crippen LogP) is 4.74. The van der Waals surface area contributed by atoms with E-state index in [1.807, 2.05) is 42.5 Å². The number of rotatable bonds is 10. The van der Waals surface area contributed by atoms with Crippen LogP contribution >= 0.6 is 11.3 Å². The van der Waals surface area contributed by atoms with Gasteiger partial charge < -0.3 is 19.6 Å². The van der Waals surface area contributed by atoms with Gasteiger partial charge in [-0.05, 0) is 30.3 Å². The fraction of sp³-hybridized carbons (Fsp3) is 0.179. The number of nitrogens with zero attached hydrogens (tertiary/aromatic N) is 3. The lowest BCUT2D eigenvalue weighted by atomic mass is 10.1. The molecule has 5 rings (SSSR count). The van der Waals surface area contributed by atoms with E-state index in [1.165, 1.54) is 11.3 Å². The summed E-state index contributed by atoms with van der Waals surface area (Å²) < 4.78 is 7.36. The van der Waals surface area contributed by atoms with Gasteiger partial charge in [0.15, 0.2) is 17.4 Å². The van der Waals surface area contributed by atoms with Crippen LogP contribution in [0, 0.1) is 6.92 Å². The van der Waals surface area contributed by atoms with Crippen molar-refractivity contribution in [3.05, 3.63) is 83.2 Å². The molecular formula is C28H26N6O4S. The molecule has 0 atom stereocenters. The minimum absolute atomic E-state index is 0.0319. The zero-order valence-corrected chi connectivity index (χ0v) is 22.2. The molecule has 39 heavy (non-hydrogen) atoms. The molecule has 0 radical (unpaired) electrons. The molecule has 0 unspecified atom stereocenters. The van der Waals surface area contributed by atoms with E-state index in [4.69, 9.17) is 4.42 Å². The number of fused-ring (bicyclic) bond motifs is 1. The standard InChI is InChI=1S/C28H26N6O4S/c1-17-30-16-23(38-17)24-10-11-25(39-24)27(37)33-28-32-20-14-19(31-15-22(35)18-6-4-3-5-7-18)8-9-21(20)34(28)13-12-26(36)29-2/h3-11,14,16,31H,12-13,15H2,1-2H3,(H,29,36)(H,32,33,37). The van der Waals surface area contributed by atoms with Crippen molar-refractivity contribution in [3.63, 3.8) is 0 Å². The molecule has 0 aliphatic heterocycles. The highest BCUT2D eigenvalue weighted by Crippen LogP contribution is 2.30. The van der Waals surface area contributed by atoms with Gasteiger partial charge in [0.2, 0.25) is 11.9 Å². The van der Waals surface area contributed by atoms with Crippen molar-refractivity contribution in [2.75, 3.05) is 24.2 Å². The second kappa shape index (κ2) is 11.3. The summed E-state index contributed by atoms with van der Waals surface area (Å²) in [6.45, 7) is 2.20. The third-order valence-electron chi connectivity index (χ3n) is 6.06. The lowest BCUT2D eigenvalue weighted by Gasteiger charge is -2.10. The maximum absolute atomic E-state index is 13.1. The number of carbonyl (C=O) groups excluding carboxylic acids is 3. The molecule has 3 N–H and O–H groups in total. The molecule has 2 amide bonds. The van der Waals surface area contributed by atoms with Crippen molar-refractivity contribution >= 4 is 51.6 Å². The van der Waals surface area contributed by atoms with Gasteiger partial charge in [-0.25, -0.2) is 9.97 Å². The summed E-state index contributed by atoms with van der Waals surface area (Å²) in [5.74, 6) is 0.980.